The van der Waals surface area contributed by atoms with Crippen molar-refractivity contribution in [1.29, 1.82) is 0 Å². The first-order valence-electron chi connectivity index (χ1n) is 5.20. The third kappa shape index (κ3) is 2.96. The highest BCUT2D eigenvalue weighted by atomic mass is 35.5. The lowest BCUT2D eigenvalue weighted by Gasteiger charge is -2.08. The highest BCUT2D eigenvalue weighted by Gasteiger charge is 2.02. The van der Waals surface area contributed by atoms with E-state index in [0.717, 1.165) is 11.3 Å². The van der Waals surface area contributed by atoms with Crippen molar-refractivity contribution >= 4 is 23.0 Å². The van der Waals surface area contributed by atoms with Gasteiger partial charge < -0.3 is 11.1 Å². The molecule has 0 radical (unpaired) electrons. The Morgan fingerprint density at radius 1 is 1.12 bits per heavy atom. The molecule has 0 spiro atoms. The van der Waals surface area contributed by atoms with Gasteiger partial charge in [0.15, 0.2) is 0 Å². The molecule has 0 aliphatic rings. The van der Waals surface area contributed by atoms with E-state index in [2.05, 4.69) is 5.32 Å². The molecule has 0 unspecified atom stereocenters. The van der Waals surface area contributed by atoms with Gasteiger partial charge in [0.1, 0.15) is 5.82 Å². The monoisotopic (exact) mass is 250 g/mol. The molecule has 0 aliphatic carbocycles. The maximum atomic E-state index is 12.9. The Bertz CT molecular complexity index is 511. The second-order valence-corrected chi connectivity index (χ2v) is 4.06. The molecule has 17 heavy (non-hydrogen) atoms. The minimum absolute atomic E-state index is 0.348. The zero-order valence-corrected chi connectivity index (χ0v) is 9.84. The molecular weight excluding hydrogens is 239 g/mol. The Kier molecular flexibility index (Phi) is 3.61. The first-order valence-corrected chi connectivity index (χ1v) is 5.58. The van der Waals surface area contributed by atoms with Crippen molar-refractivity contribution in [3.63, 3.8) is 0 Å². The minimum atomic E-state index is -0.348. The van der Waals surface area contributed by atoms with Crippen LogP contribution in [-0.2, 0) is 6.54 Å². The van der Waals surface area contributed by atoms with Crippen molar-refractivity contribution in [2.75, 3.05) is 5.32 Å². The highest BCUT2D eigenvalue weighted by Crippen LogP contribution is 2.26. The van der Waals surface area contributed by atoms with Gasteiger partial charge in [-0.1, -0.05) is 23.7 Å². The van der Waals surface area contributed by atoms with E-state index >= 15 is 0 Å². The molecule has 0 heterocycles. The molecule has 88 valence electrons. The zero-order valence-electron chi connectivity index (χ0n) is 9.08. The van der Waals surface area contributed by atoms with Gasteiger partial charge in [-0.25, -0.2) is 4.39 Å². The molecule has 4 heteroatoms. The van der Waals surface area contributed by atoms with Gasteiger partial charge in [0.25, 0.3) is 0 Å². The van der Waals surface area contributed by atoms with Crippen molar-refractivity contribution in [2.24, 2.45) is 5.73 Å². The predicted molar refractivity (Wildman–Crippen MR) is 69.0 cm³/mol. The molecule has 3 N–H and O–H groups in total. The minimum Gasteiger partial charge on any atom is -0.354 e. The lowest BCUT2D eigenvalue weighted by Crippen LogP contribution is -1.96. The van der Waals surface area contributed by atoms with E-state index in [9.17, 15) is 4.39 Å². The molecule has 0 bridgehead atoms. The maximum Gasteiger partial charge on any atom is 0.124 e. The van der Waals surface area contributed by atoms with E-state index in [-0.39, 0.29) is 5.82 Å². The summed E-state index contributed by atoms with van der Waals surface area (Å²) in [4.78, 5) is 0. The average Bonchev–Trinajstić information content (AvgIpc) is 2.34. The Labute approximate surface area is 104 Å². The summed E-state index contributed by atoms with van der Waals surface area (Å²) in [5.41, 5.74) is 8.13. The maximum absolute atomic E-state index is 12.9. The summed E-state index contributed by atoms with van der Waals surface area (Å²) in [5, 5.41) is 3.47. The number of anilines is 2. The Morgan fingerprint density at radius 3 is 2.41 bits per heavy atom. The van der Waals surface area contributed by atoms with E-state index in [0.29, 0.717) is 17.3 Å². The Hall–Kier alpha value is -1.58. The third-order valence-electron chi connectivity index (χ3n) is 2.40. The first kappa shape index (κ1) is 11.9. The van der Waals surface area contributed by atoms with Crippen LogP contribution < -0.4 is 11.1 Å². The van der Waals surface area contributed by atoms with Gasteiger partial charge in [0.2, 0.25) is 0 Å². The van der Waals surface area contributed by atoms with Gasteiger partial charge in [0, 0.05) is 12.2 Å². The molecule has 0 aromatic heterocycles. The summed E-state index contributed by atoms with van der Waals surface area (Å²) < 4.78 is 12.9. The summed E-state index contributed by atoms with van der Waals surface area (Å²) in [5.74, 6) is -0.348. The molecule has 2 aromatic carbocycles. The van der Waals surface area contributed by atoms with Crippen LogP contribution >= 0.6 is 11.6 Å². The topological polar surface area (TPSA) is 38.0 Å². The number of halogens is 2. The van der Waals surface area contributed by atoms with Crippen LogP contribution in [0.15, 0.2) is 42.5 Å². The second-order valence-electron chi connectivity index (χ2n) is 3.65. The van der Waals surface area contributed by atoms with Gasteiger partial charge >= 0.3 is 0 Å². The van der Waals surface area contributed by atoms with Crippen LogP contribution in [0.2, 0.25) is 5.02 Å². The average molecular weight is 251 g/mol. The van der Waals surface area contributed by atoms with Gasteiger partial charge in [-0.05, 0) is 35.9 Å². The summed E-state index contributed by atoms with van der Waals surface area (Å²) in [6, 6.07) is 11.9. The number of hydrogen-bond acceptors (Lipinski definition) is 2. The number of rotatable bonds is 3. The number of nitrogens with two attached hydrogens (primary N) is 1. The molecule has 0 saturated carbocycles. The van der Waals surface area contributed by atoms with E-state index < -0.39 is 0 Å². The molecule has 0 atom stereocenters. The van der Waals surface area contributed by atoms with Gasteiger partial charge in [0.05, 0.1) is 10.7 Å². The van der Waals surface area contributed by atoms with Crippen LogP contribution in [-0.4, -0.2) is 0 Å². The summed E-state index contributed by atoms with van der Waals surface area (Å²) in [7, 11) is 0. The van der Waals surface area contributed by atoms with Crippen LogP contribution in [0, 0.1) is 5.82 Å². The van der Waals surface area contributed by atoms with Crippen molar-refractivity contribution < 1.29 is 4.39 Å². The fraction of sp³-hybridized carbons (Fsp3) is 0.0769. The SMILES string of the molecule is NCc1ccc(Nc2ccc(F)cc2Cl)cc1. The number of benzene rings is 2. The van der Waals surface area contributed by atoms with E-state index in [1.807, 2.05) is 24.3 Å². The van der Waals surface area contributed by atoms with Gasteiger partial charge in [-0.3, -0.25) is 0 Å². The number of nitrogens with one attached hydrogen (secondary N) is 1. The number of hydrogen-bond donors (Lipinski definition) is 2. The quantitative estimate of drug-likeness (QED) is 0.872. The molecule has 0 aliphatic heterocycles. The first-order chi connectivity index (χ1) is 8.19. The van der Waals surface area contributed by atoms with Crippen LogP contribution in [0.25, 0.3) is 0 Å². The fourth-order valence-corrected chi connectivity index (χ4v) is 1.68. The predicted octanol–water partition coefficient (Wildman–Crippen LogP) is 3.68. The Morgan fingerprint density at radius 2 is 1.82 bits per heavy atom. The smallest absolute Gasteiger partial charge is 0.124 e. The van der Waals surface area contributed by atoms with E-state index in [1.54, 1.807) is 6.07 Å². The Balaban J connectivity index is 2.19. The fourth-order valence-electron chi connectivity index (χ4n) is 1.47. The standard InChI is InChI=1S/C13H12ClFN2/c14-12-7-10(15)3-6-13(12)17-11-4-1-9(8-16)2-5-11/h1-7,17H,8,16H2. The molecular formula is C13H12ClFN2. The van der Waals surface area contributed by atoms with Crippen molar-refractivity contribution in [2.45, 2.75) is 6.54 Å². The van der Waals surface area contributed by atoms with Crippen molar-refractivity contribution in [3.8, 4) is 0 Å². The molecule has 2 nitrogen and oxygen atoms in total. The summed E-state index contributed by atoms with van der Waals surface area (Å²) >= 11 is 5.92. The summed E-state index contributed by atoms with van der Waals surface area (Å²) in [6.07, 6.45) is 0. The van der Waals surface area contributed by atoms with E-state index in [1.165, 1.54) is 12.1 Å². The van der Waals surface area contributed by atoms with Crippen LogP contribution in [0.3, 0.4) is 0 Å². The second kappa shape index (κ2) is 5.17. The molecule has 2 rings (SSSR count). The van der Waals surface area contributed by atoms with Crippen LogP contribution in [0.4, 0.5) is 15.8 Å². The van der Waals surface area contributed by atoms with Gasteiger partial charge in [-0.15, -0.1) is 0 Å². The summed E-state index contributed by atoms with van der Waals surface area (Å²) in [6.45, 7) is 0.511. The van der Waals surface area contributed by atoms with Crippen molar-refractivity contribution in [3.05, 3.63) is 58.9 Å². The van der Waals surface area contributed by atoms with Gasteiger partial charge in [-0.2, -0.15) is 0 Å². The van der Waals surface area contributed by atoms with Crippen LogP contribution in [0.5, 0.6) is 0 Å². The van der Waals surface area contributed by atoms with E-state index in [4.69, 9.17) is 17.3 Å². The molecule has 0 saturated heterocycles. The lowest BCUT2D eigenvalue weighted by molar-refractivity contribution is 0.628. The van der Waals surface area contributed by atoms with Crippen LogP contribution in [0.1, 0.15) is 5.56 Å². The normalized spacial score (nSPS) is 10.3. The molecule has 0 fully saturated rings. The molecule has 0 amide bonds. The van der Waals surface area contributed by atoms with Crippen molar-refractivity contribution in [1.82, 2.24) is 0 Å². The lowest BCUT2D eigenvalue weighted by atomic mass is 10.2. The zero-order chi connectivity index (χ0) is 12.3. The highest BCUT2D eigenvalue weighted by molar-refractivity contribution is 6.33. The molecule has 2 aromatic rings. The largest absolute Gasteiger partial charge is 0.354 e. The third-order valence-corrected chi connectivity index (χ3v) is 2.71.